The fourth-order valence-corrected chi connectivity index (χ4v) is 13.4. The Morgan fingerprint density at radius 1 is 0.156 bits per heavy atom. The van der Waals surface area contributed by atoms with Crippen LogP contribution in [0.15, 0.2) is 150 Å². The number of hydrogen-bond donors (Lipinski definition) is 8. The van der Waals surface area contributed by atoms with E-state index in [4.69, 9.17) is 40.2 Å². The summed E-state index contributed by atoms with van der Waals surface area (Å²) < 4.78 is 57.7. The van der Waals surface area contributed by atoms with Crippen LogP contribution in [0.4, 0.5) is 17.3 Å². The molecule has 0 amide bonds. The molecule has 24 nitrogen and oxygen atoms in total. The number of aryl methyl sites for hydroxylation is 8. The van der Waals surface area contributed by atoms with Gasteiger partial charge >= 0.3 is 29.6 Å². The number of hydrogen-bond acceptors (Lipinski definition) is 16. The van der Waals surface area contributed by atoms with E-state index in [9.17, 15) is 17.3 Å². The van der Waals surface area contributed by atoms with Gasteiger partial charge in [-0.3, -0.25) is 17.3 Å². The van der Waals surface area contributed by atoms with Crippen LogP contribution in [0.3, 0.4) is 0 Å². The zero-order valence-electron chi connectivity index (χ0n) is 81.7. The van der Waals surface area contributed by atoms with Crippen LogP contribution in [0.2, 0.25) is 0 Å². The maximum Gasteiger partial charge on any atom is 0.674 e. The molecule has 0 aromatic carbocycles. The van der Waals surface area contributed by atoms with Crippen LogP contribution in [-0.4, -0.2) is 146 Å². The second kappa shape index (κ2) is 109. The van der Waals surface area contributed by atoms with Gasteiger partial charge in [0.1, 0.15) is 0 Å². The van der Waals surface area contributed by atoms with Gasteiger partial charge in [-0.1, -0.05) is 364 Å². The molecule has 8 heterocycles. The molecule has 0 bridgehead atoms. The standard InChI is InChI=1S/8C12H22N2.4BFH2O2/c8*1-2-3-4-5-6-7-8-10-14-11-9-13-12-14;4*2-1(3)4/h8*9,11-12H,2-8,10H2,1H3;4*3-4H. The predicted octanol–water partition coefficient (Wildman–Crippen LogP) is 24.8. The number of rotatable bonds is 64. The van der Waals surface area contributed by atoms with Gasteiger partial charge < -0.3 is 76.7 Å². The summed E-state index contributed by atoms with van der Waals surface area (Å²) in [6, 6.07) is 0. The highest BCUT2D eigenvalue weighted by molar-refractivity contribution is 6.32. The van der Waals surface area contributed by atoms with Crippen molar-refractivity contribution in [3.63, 3.8) is 0 Å². The minimum atomic E-state index is -2.67. The molecule has 8 N–H and O–H groups in total. The SMILES string of the molecule is CCCCCCCCCn1ccnc1.CCCCCCCCCn1ccnc1.CCCCCCCCCn1ccnc1.CCCCCCCCCn1ccnc1.CCCCCCCCCn1ccnc1.CCCCCCCCCn1ccnc1.CCCCCCCCCn1ccnc1.CCCCCCCCCn1ccnc1.OB(O)F.OB(O)F.OB(O)F.OB(O)F. The zero-order valence-corrected chi connectivity index (χ0v) is 81.7. The van der Waals surface area contributed by atoms with Crippen LogP contribution in [0.25, 0.3) is 0 Å². The average Bonchev–Trinajstić information content (AvgIpc) is 1.91. The molecule has 0 unspecified atom stereocenters. The first-order valence-electron chi connectivity index (χ1n) is 50.1. The van der Waals surface area contributed by atoms with Gasteiger partial charge in [0, 0.05) is 152 Å². The molecular weight excluding hydrogens is 1620 g/mol. The number of aromatic nitrogens is 16. The van der Waals surface area contributed by atoms with Crippen molar-refractivity contribution in [3.05, 3.63) is 150 Å². The van der Waals surface area contributed by atoms with E-state index in [1.165, 1.54) is 360 Å². The Hall–Kier alpha value is -6.66. The van der Waals surface area contributed by atoms with E-state index < -0.39 is 29.6 Å². The van der Waals surface area contributed by atoms with Crippen LogP contribution < -0.4 is 0 Å². The summed E-state index contributed by atoms with van der Waals surface area (Å²) in [4.78, 5) is 32.2. The molecule has 0 aliphatic carbocycles. The van der Waals surface area contributed by atoms with Crippen molar-refractivity contribution in [2.24, 2.45) is 0 Å². The lowest BCUT2D eigenvalue weighted by atomic mass is 10.1. The Labute approximate surface area is 776 Å². The lowest BCUT2D eigenvalue weighted by Gasteiger charge is -2.02. The Balaban J connectivity index is -0.000000669. The molecule has 0 fully saturated rings. The topological polar surface area (TPSA) is 304 Å². The maximum absolute atomic E-state index is 10.1. The first-order chi connectivity index (χ1) is 62.4. The number of halogens is 4. The van der Waals surface area contributed by atoms with Gasteiger partial charge in [-0.2, -0.15) is 0 Å². The lowest BCUT2D eigenvalue weighted by molar-refractivity contribution is 0.338. The van der Waals surface area contributed by atoms with Crippen LogP contribution in [0.5, 0.6) is 0 Å². The van der Waals surface area contributed by atoms with E-state index in [2.05, 4.69) is 132 Å². The Bertz CT molecular complexity index is 2480. The van der Waals surface area contributed by atoms with E-state index in [-0.39, 0.29) is 0 Å². The van der Waals surface area contributed by atoms with Crippen LogP contribution in [-0.2, 0) is 52.4 Å². The van der Waals surface area contributed by atoms with E-state index in [0.29, 0.717) is 0 Å². The van der Waals surface area contributed by atoms with Crippen molar-refractivity contribution in [1.82, 2.24) is 76.4 Å². The molecule has 32 heteroatoms. The van der Waals surface area contributed by atoms with Crippen molar-refractivity contribution in [2.75, 3.05) is 0 Å². The summed E-state index contributed by atoms with van der Waals surface area (Å²) in [5.74, 6) is 0. The Morgan fingerprint density at radius 3 is 0.305 bits per heavy atom. The van der Waals surface area contributed by atoms with Gasteiger partial charge in [0.2, 0.25) is 0 Å². The molecule has 0 saturated heterocycles. The van der Waals surface area contributed by atoms with Gasteiger partial charge in [0.15, 0.2) is 0 Å². The third kappa shape index (κ3) is 114. The van der Waals surface area contributed by atoms with Crippen molar-refractivity contribution < 1.29 is 57.5 Å². The molecule has 0 aliphatic rings. The summed E-state index contributed by atoms with van der Waals surface area (Å²) in [6.45, 7) is 27.2. The number of nitrogens with zero attached hydrogens (tertiary/aromatic N) is 16. The first kappa shape index (κ1) is 128. The molecule has 8 aromatic heterocycles. The molecule has 736 valence electrons. The molecule has 0 spiro atoms. The quantitative estimate of drug-likeness (QED) is 0.00998. The molecule has 0 saturated carbocycles. The van der Waals surface area contributed by atoms with Crippen molar-refractivity contribution >= 4 is 29.6 Å². The fraction of sp³-hybridized carbons (Fsp3) is 0.750. The summed E-state index contributed by atoms with van der Waals surface area (Å²) in [7, 11) is -10.7. The molecule has 8 rings (SSSR count). The maximum atomic E-state index is 10.1. The van der Waals surface area contributed by atoms with Gasteiger partial charge in [-0.15, -0.1) is 0 Å². The molecule has 128 heavy (non-hydrogen) atoms. The van der Waals surface area contributed by atoms with Crippen LogP contribution in [0, 0.1) is 0 Å². The second-order valence-corrected chi connectivity index (χ2v) is 32.6. The average molecular weight is 1810 g/mol. The molecule has 0 radical (unpaired) electrons. The van der Waals surface area contributed by atoms with Crippen molar-refractivity contribution in [2.45, 2.75) is 467 Å². The summed E-state index contributed by atoms with van der Waals surface area (Å²) >= 11 is 0. The monoisotopic (exact) mass is 1810 g/mol. The Morgan fingerprint density at radius 2 is 0.234 bits per heavy atom. The summed E-state index contributed by atoms with van der Waals surface area (Å²) in [5, 5.41) is 55.6. The number of imidazole rings is 8. The van der Waals surface area contributed by atoms with Gasteiger partial charge in [-0.05, 0) is 51.4 Å². The highest BCUT2D eigenvalue weighted by Gasteiger charge is 2.03. The molecule has 8 aromatic rings. The van der Waals surface area contributed by atoms with Gasteiger partial charge in [0.25, 0.3) is 0 Å². The smallest absolute Gasteiger partial charge is 0.398 e. The highest BCUT2D eigenvalue weighted by Crippen LogP contribution is 2.15. The predicted molar refractivity (Wildman–Crippen MR) is 527 cm³/mol. The van der Waals surface area contributed by atoms with Crippen molar-refractivity contribution in [3.8, 4) is 0 Å². The number of unbranched alkanes of at least 4 members (excludes halogenated alkanes) is 48. The third-order valence-electron chi connectivity index (χ3n) is 20.6. The first-order valence-corrected chi connectivity index (χ1v) is 50.1. The minimum absolute atomic E-state index is 1.13. The lowest BCUT2D eigenvalue weighted by Crippen LogP contribution is -1.98. The third-order valence-corrected chi connectivity index (χ3v) is 20.6. The normalized spacial score (nSPS) is 10.2. The van der Waals surface area contributed by atoms with Crippen LogP contribution >= 0.6 is 0 Å². The molecule has 0 aliphatic heterocycles. The molecule has 0 atom stereocenters. The van der Waals surface area contributed by atoms with Gasteiger partial charge in [-0.25, -0.2) is 39.9 Å². The second-order valence-electron chi connectivity index (χ2n) is 32.6. The molecular formula is C96H184B4F4N16O8. The Kier molecular flexibility index (Phi) is 109. The minimum Gasteiger partial charge on any atom is -0.398 e. The van der Waals surface area contributed by atoms with E-state index >= 15 is 0 Å². The summed E-state index contributed by atoms with van der Waals surface area (Å²) in [6.07, 6.45) is 123. The largest absolute Gasteiger partial charge is 0.674 e. The fourth-order valence-electron chi connectivity index (χ4n) is 13.4. The van der Waals surface area contributed by atoms with Crippen molar-refractivity contribution in [1.29, 1.82) is 0 Å². The van der Waals surface area contributed by atoms with E-state index in [1.54, 1.807) is 0 Å². The summed E-state index contributed by atoms with van der Waals surface area (Å²) in [5.41, 5.74) is 0. The van der Waals surface area contributed by atoms with E-state index in [0.717, 1.165) is 52.4 Å². The van der Waals surface area contributed by atoms with Gasteiger partial charge in [0.05, 0.1) is 50.6 Å². The highest BCUT2D eigenvalue weighted by atomic mass is 19.1. The van der Waals surface area contributed by atoms with E-state index in [1.807, 2.05) is 150 Å². The zero-order chi connectivity index (χ0) is 94.8. The van der Waals surface area contributed by atoms with Crippen LogP contribution in [0.1, 0.15) is 415 Å².